The van der Waals surface area contributed by atoms with E-state index in [0.717, 1.165) is 22.5 Å². The zero-order valence-corrected chi connectivity index (χ0v) is 17.0. The Morgan fingerprint density at radius 3 is 2.33 bits per heavy atom. The van der Waals surface area contributed by atoms with Gasteiger partial charge >= 0.3 is 5.69 Å². The summed E-state index contributed by atoms with van der Waals surface area (Å²) in [6.45, 7) is 4.14. The van der Waals surface area contributed by atoms with E-state index in [1.807, 2.05) is 72.3 Å². The van der Waals surface area contributed by atoms with E-state index in [1.165, 1.54) is 9.13 Å². The topological polar surface area (TPSA) is 66.2 Å². The molecule has 0 atom stereocenters. The van der Waals surface area contributed by atoms with Gasteiger partial charge in [-0.3, -0.25) is 22.9 Å². The molecule has 0 fully saturated rings. The summed E-state index contributed by atoms with van der Waals surface area (Å²) in [5, 5.41) is 0. The van der Waals surface area contributed by atoms with E-state index in [0.29, 0.717) is 23.5 Å². The molecule has 7 nitrogen and oxygen atoms in total. The third-order valence-electron chi connectivity index (χ3n) is 5.53. The van der Waals surface area contributed by atoms with Gasteiger partial charge in [-0.05, 0) is 26.0 Å². The number of rotatable bonds is 3. The number of benzene rings is 2. The predicted octanol–water partition coefficient (Wildman–Crippen LogP) is 3.13. The van der Waals surface area contributed by atoms with Crippen LogP contribution in [0.15, 0.2) is 70.4 Å². The molecule has 0 aliphatic rings. The van der Waals surface area contributed by atoms with Crippen molar-refractivity contribution in [1.82, 2.24) is 23.1 Å². The largest absolute Gasteiger partial charge is 0.332 e. The lowest BCUT2D eigenvalue weighted by atomic mass is 10.1. The molecule has 0 saturated heterocycles. The molecule has 0 radical (unpaired) electrons. The molecule has 5 rings (SSSR count). The quantitative estimate of drug-likeness (QED) is 0.468. The van der Waals surface area contributed by atoms with Crippen LogP contribution in [-0.4, -0.2) is 23.1 Å². The van der Waals surface area contributed by atoms with Crippen LogP contribution in [0.25, 0.3) is 33.9 Å². The van der Waals surface area contributed by atoms with Crippen LogP contribution in [-0.2, 0) is 13.6 Å². The van der Waals surface area contributed by atoms with Gasteiger partial charge in [0.25, 0.3) is 5.56 Å². The number of nitrogens with zero attached hydrogens (tertiary/aromatic N) is 5. The maximum Gasteiger partial charge on any atom is 0.332 e. The molecule has 0 saturated carbocycles. The number of imidazole rings is 2. The van der Waals surface area contributed by atoms with Crippen LogP contribution in [0.2, 0.25) is 0 Å². The Kier molecular flexibility index (Phi) is 3.99. The Bertz CT molecular complexity index is 1520. The van der Waals surface area contributed by atoms with Crippen molar-refractivity contribution < 1.29 is 0 Å². The second kappa shape index (κ2) is 6.59. The van der Waals surface area contributed by atoms with Crippen molar-refractivity contribution in [2.24, 2.45) is 7.05 Å². The smallest absolute Gasteiger partial charge is 0.279 e. The van der Waals surface area contributed by atoms with Crippen molar-refractivity contribution in [3.63, 3.8) is 0 Å². The molecule has 0 aliphatic heterocycles. The summed E-state index contributed by atoms with van der Waals surface area (Å²) in [5.41, 5.74) is 4.11. The third-order valence-corrected chi connectivity index (χ3v) is 5.53. The Balaban J connectivity index is 1.97. The average molecular weight is 399 g/mol. The van der Waals surface area contributed by atoms with Gasteiger partial charge in [0.15, 0.2) is 11.2 Å². The van der Waals surface area contributed by atoms with Gasteiger partial charge in [0.2, 0.25) is 5.78 Å². The lowest BCUT2D eigenvalue weighted by Crippen LogP contribution is -2.38. The van der Waals surface area contributed by atoms with Crippen LogP contribution >= 0.6 is 0 Å². The van der Waals surface area contributed by atoms with Crippen LogP contribution < -0.4 is 11.2 Å². The number of aromatic nitrogens is 5. The van der Waals surface area contributed by atoms with Crippen LogP contribution in [0.5, 0.6) is 0 Å². The highest BCUT2D eigenvalue weighted by Crippen LogP contribution is 2.28. The minimum absolute atomic E-state index is 0.304. The molecule has 0 bridgehead atoms. The zero-order valence-electron chi connectivity index (χ0n) is 17.0. The fourth-order valence-electron chi connectivity index (χ4n) is 3.94. The summed E-state index contributed by atoms with van der Waals surface area (Å²) >= 11 is 0. The normalized spacial score (nSPS) is 11.6. The highest BCUT2D eigenvalue weighted by Gasteiger charge is 2.22. The molecule has 7 heteroatoms. The summed E-state index contributed by atoms with van der Waals surface area (Å²) in [4.78, 5) is 30.4. The fourth-order valence-corrected chi connectivity index (χ4v) is 3.94. The summed E-state index contributed by atoms with van der Waals surface area (Å²) in [6, 6.07) is 18.1. The average Bonchev–Trinajstić information content (AvgIpc) is 3.30. The third kappa shape index (κ3) is 2.48. The van der Waals surface area contributed by atoms with Gasteiger partial charge in [-0.1, -0.05) is 48.0 Å². The maximum absolute atomic E-state index is 13.1. The van der Waals surface area contributed by atoms with E-state index < -0.39 is 0 Å². The van der Waals surface area contributed by atoms with Crippen molar-refractivity contribution in [2.45, 2.75) is 20.4 Å². The van der Waals surface area contributed by atoms with Crippen LogP contribution in [0, 0.1) is 6.92 Å². The molecule has 0 unspecified atom stereocenters. The van der Waals surface area contributed by atoms with E-state index in [-0.39, 0.29) is 11.2 Å². The Labute approximate surface area is 172 Å². The Morgan fingerprint density at radius 2 is 1.67 bits per heavy atom. The minimum Gasteiger partial charge on any atom is -0.279 e. The Hall–Kier alpha value is -3.87. The SMILES string of the molecule is CCn1c(=O)c2c(nc3n(-c4ccc(C)cc4)c(-c4ccccc4)cn23)n(C)c1=O. The van der Waals surface area contributed by atoms with Crippen molar-refractivity contribution in [3.05, 3.63) is 87.2 Å². The van der Waals surface area contributed by atoms with Gasteiger partial charge in [0.05, 0.1) is 5.69 Å². The molecule has 5 aromatic rings. The molecule has 0 amide bonds. The maximum atomic E-state index is 13.1. The first kappa shape index (κ1) is 18.2. The monoisotopic (exact) mass is 399 g/mol. The van der Waals surface area contributed by atoms with Crippen molar-refractivity contribution in [1.29, 1.82) is 0 Å². The first-order valence-corrected chi connectivity index (χ1v) is 9.87. The summed E-state index contributed by atoms with van der Waals surface area (Å²) < 4.78 is 6.50. The molecule has 0 aliphatic carbocycles. The zero-order chi connectivity index (χ0) is 21.0. The van der Waals surface area contributed by atoms with E-state index in [1.54, 1.807) is 18.4 Å². The van der Waals surface area contributed by atoms with E-state index in [4.69, 9.17) is 4.98 Å². The molecular formula is C23H21N5O2. The molecule has 30 heavy (non-hydrogen) atoms. The van der Waals surface area contributed by atoms with Crippen molar-refractivity contribution in [3.8, 4) is 16.9 Å². The number of hydrogen-bond acceptors (Lipinski definition) is 3. The number of hydrogen-bond donors (Lipinski definition) is 0. The van der Waals surface area contributed by atoms with E-state index >= 15 is 0 Å². The van der Waals surface area contributed by atoms with Crippen molar-refractivity contribution in [2.75, 3.05) is 0 Å². The van der Waals surface area contributed by atoms with Gasteiger partial charge < -0.3 is 0 Å². The first-order valence-electron chi connectivity index (χ1n) is 9.87. The van der Waals surface area contributed by atoms with Gasteiger partial charge in [0.1, 0.15) is 0 Å². The second-order valence-electron chi connectivity index (χ2n) is 7.40. The molecule has 3 aromatic heterocycles. The van der Waals surface area contributed by atoms with E-state index in [9.17, 15) is 9.59 Å². The predicted molar refractivity (Wildman–Crippen MR) is 117 cm³/mol. The first-order chi connectivity index (χ1) is 14.5. The standard InChI is InChI=1S/C23H21N5O2/c1-4-26-21(29)19-20(25(3)23(26)30)24-22-27(19)14-18(16-8-6-5-7-9-16)28(22)17-12-10-15(2)11-13-17/h5-14H,4H2,1-3H3. The molecule has 150 valence electrons. The van der Waals surface area contributed by atoms with Crippen LogP contribution in [0.4, 0.5) is 0 Å². The number of aryl methyl sites for hydroxylation is 2. The van der Waals surface area contributed by atoms with Gasteiger partial charge in [-0.15, -0.1) is 0 Å². The van der Waals surface area contributed by atoms with Crippen LogP contribution in [0.3, 0.4) is 0 Å². The Morgan fingerprint density at radius 1 is 0.967 bits per heavy atom. The second-order valence-corrected chi connectivity index (χ2v) is 7.40. The summed E-state index contributed by atoms with van der Waals surface area (Å²) in [5.74, 6) is 0.591. The molecular weight excluding hydrogens is 378 g/mol. The van der Waals surface area contributed by atoms with Crippen LogP contribution in [0.1, 0.15) is 12.5 Å². The number of fused-ring (bicyclic) bond motifs is 3. The molecule has 0 spiro atoms. The summed E-state index contributed by atoms with van der Waals surface area (Å²) in [6.07, 6.45) is 1.92. The summed E-state index contributed by atoms with van der Waals surface area (Å²) in [7, 11) is 1.65. The molecule has 3 heterocycles. The van der Waals surface area contributed by atoms with Gasteiger partial charge in [-0.2, -0.15) is 4.98 Å². The van der Waals surface area contributed by atoms with Crippen molar-refractivity contribution >= 4 is 16.9 Å². The molecule has 2 aromatic carbocycles. The van der Waals surface area contributed by atoms with Gasteiger partial charge in [0, 0.05) is 31.0 Å². The highest BCUT2D eigenvalue weighted by atomic mass is 16.2. The minimum atomic E-state index is -0.360. The lowest BCUT2D eigenvalue weighted by molar-refractivity contribution is 0.637. The fraction of sp³-hybridized carbons (Fsp3) is 0.174. The lowest BCUT2D eigenvalue weighted by Gasteiger charge is -2.09. The molecule has 0 N–H and O–H groups in total. The van der Waals surface area contributed by atoms with E-state index in [2.05, 4.69) is 0 Å². The van der Waals surface area contributed by atoms with Gasteiger partial charge in [-0.25, -0.2) is 4.79 Å². The highest BCUT2D eigenvalue weighted by molar-refractivity contribution is 5.79.